The van der Waals surface area contributed by atoms with Crippen molar-refractivity contribution in [2.75, 3.05) is 26.2 Å². The van der Waals surface area contributed by atoms with Crippen LogP contribution in [0.4, 0.5) is 13.2 Å². The van der Waals surface area contributed by atoms with E-state index in [0.717, 1.165) is 11.1 Å². The summed E-state index contributed by atoms with van der Waals surface area (Å²) in [6, 6.07) is 5.61. The summed E-state index contributed by atoms with van der Waals surface area (Å²) in [5.74, 6) is -0.0849. The normalized spacial score (nSPS) is 19.4. The van der Waals surface area contributed by atoms with Gasteiger partial charge in [-0.3, -0.25) is 9.69 Å². The molecular weight excluding hydrogens is 293 g/mol. The second-order valence-electron chi connectivity index (χ2n) is 6.09. The van der Waals surface area contributed by atoms with Gasteiger partial charge in [0.15, 0.2) is 0 Å². The molecule has 0 aromatic heterocycles. The quantitative estimate of drug-likeness (QED) is 0.927. The molecule has 1 aromatic carbocycles. The molecular formula is C16H21F3N2O. The molecule has 2 rings (SSSR count). The molecule has 1 amide bonds. The maximum atomic E-state index is 12.3. The number of benzene rings is 1. The van der Waals surface area contributed by atoms with Gasteiger partial charge in [-0.25, -0.2) is 0 Å². The monoisotopic (exact) mass is 314 g/mol. The fraction of sp³-hybridized carbons (Fsp3) is 0.562. The van der Waals surface area contributed by atoms with Crippen LogP contribution in [-0.4, -0.2) is 43.2 Å². The van der Waals surface area contributed by atoms with Crippen molar-refractivity contribution < 1.29 is 18.0 Å². The fourth-order valence-corrected chi connectivity index (χ4v) is 2.92. The van der Waals surface area contributed by atoms with E-state index < -0.39 is 12.7 Å². The van der Waals surface area contributed by atoms with E-state index in [0.29, 0.717) is 31.6 Å². The van der Waals surface area contributed by atoms with E-state index in [1.165, 1.54) is 4.90 Å². The Hall–Kier alpha value is -1.56. The van der Waals surface area contributed by atoms with Gasteiger partial charge in [-0.05, 0) is 44.9 Å². The molecule has 0 aliphatic carbocycles. The van der Waals surface area contributed by atoms with Gasteiger partial charge in [-0.1, -0.05) is 17.2 Å². The second-order valence-corrected chi connectivity index (χ2v) is 6.09. The molecule has 1 aliphatic rings. The van der Waals surface area contributed by atoms with E-state index in [1.807, 2.05) is 32.0 Å². The van der Waals surface area contributed by atoms with Crippen LogP contribution in [0.1, 0.15) is 27.9 Å². The molecule has 1 fully saturated rings. The molecule has 1 atom stereocenters. The van der Waals surface area contributed by atoms with Gasteiger partial charge in [-0.15, -0.1) is 0 Å². The molecule has 0 saturated carbocycles. The first-order valence-corrected chi connectivity index (χ1v) is 7.38. The van der Waals surface area contributed by atoms with E-state index in [2.05, 4.69) is 5.32 Å². The standard InChI is InChI=1S/C16H21F3N2O/c1-11-5-12(2)7-14(6-11)15(22)20-8-13-3-4-21(9-13)10-16(17,18)19/h5-7,13H,3-4,8-10H2,1-2H3,(H,20,22)/t13-/m1/s1. The topological polar surface area (TPSA) is 32.3 Å². The van der Waals surface area contributed by atoms with Crippen molar-refractivity contribution in [3.05, 3.63) is 34.9 Å². The largest absolute Gasteiger partial charge is 0.401 e. The highest BCUT2D eigenvalue weighted by Gasteiger charge is 2.34. The van der Waals surface area contributed by atoms with Crippen molar-refractivity contribution >= 4 is 5.91 Å². The molecule has 22 heavy (non-hydrogen) atoms. The Balaban J connectivity index is 1.82. The van der Waals surface area contributed by atoms with Gasteiger partial charge in [0.2, 0.25) is 0 Å². The lowest BCUT2D eigenvalue weighted by Gasteiger charge is -2.18. The van der Waals surface area contributed by atoms with Crippen molar-refractivity contribution in [1.82, 2.24) is 10.2 Å². The molecule has 0 unspecified atom stereocenters. The first-order valence-electron chi connectivity index (χ1n) is 7.38. The highest BCUT2D eigenvalue weighted by atomic mass is 19.4. The number of nitrogens with one attached hydrogen (secondary N) is 1. The van der Waals surface area contributed by atoms with Crippen molar-refractivity contribution in [3.63, 3.8) is 0 Å². The van der Waals surface area contributed by atoms with Gasteiger partial charge in [0.25, 0.3) is 5.91 Å². The number of rotatable bonds is 4. The summed E-state index contributed by atoms with van der Waals surface area (Å²) < 4.78 is 37.0. The highest BCUT2D eigenvalue weighted by molar-refractivity contribution is 5.94. The maximum Gasteiger partial charge on any atom is 0.401 e. The van der Waals surface area contributed by atoms with E-state index in [-0.39, 0.29) is 11.8 Å². The molecule has 1 aliphatic heterocycles. The molecule has 1 saturated heterocycles. The highest BCUT2D eigenvalue weighted by Crippen LogP contribution is 2.22. The van der Waals surface area contributed by atoms with Crippen LogP contribution < -0.4 is 5.32 Å². The first-order chi connectivity index (χ1) is 10.2. The molecule has 6 heteroatoms. The van der Waals surface area contributed by atoms with E-state index in [4.69, 9.17) is 0 Å². The third-order valence-corrected chi connectivity index (χ3v) is 3.81. The predicted molar refractivity (Wildman–Crippen MR) is 78.9 cm³/mol. The number of hydrogen-bond acceptors (Lipinski definition) is 2. The van der Waals surface area contributed by atoms with Gasteiger partial charge < -0.3 is 5.32 Å². The summed E-state index contributed by atoms with van der Waals surface area (Å²) >= 11 is 0. The molecule has 1 heterocycles. The zero-order valence-corrected chi connectivity index (χ0v) is 12.8. The van der Waals surface area contributed by atoms with Crippen molar-refractivity contribution in [2.24, 2.45) is 5.92 Å². The Morgan fingerprint density at radius 2 is 1.91 bits per heavy atom. The summed E-state index contributed by atoms with van der Waals surface area (Å²) in [5, 5.41) is 2.83. The summed E-state index contributed by atoms with van der Waals surface area (Å²) in [4.78, 5) is 13.5. The van der Waals surface area contributed by atoms with Crippen molar-refractivity contribution in [2.45, 2.75) is 26.4 Å². The predicted octanol–water partition coefficient (Wildman–Crippen LogP) is 2.92. The Morgan fingerprint density at radius 3 is 2.50 bits per heavy atom. The van der Waals surface area contributed by atoms with Crippen LogP contribution in [0.2, 0.25) is 0 Å². The number of aryl methyl sites for hydroxylation is 2. The Morgan fingerprint density at radius 1 is 1.27 bits per heavy atom. The SMILES string of the molecule is Cc1cc(C)cc(C(=O)NC[C@H]2CCN(CC(F)(F)F)C2)c1. The molecule has 0 spiro atoms. The van der Waals surface area contributed by atoms with Crippen LogP contribution in [0.5, 0.6) is 0 Å². The van der Waals surface area contributed by atoms with Gasteiger partial charge >= 0.3 is 6.18 Å². The summed E-state index contributed by atoms with van der Waals surface area (Å²) in [5.41, 5.74) is 2.63. The molecule has 122 valence electrons. The molecule has 0 bridgehead atoms. The molecule has 1 aromatic rings. The number of hydrogen-bond donors (Lipinski definition) is 1. The van der Waals surface area contributed by atoms with Crippen LogP contribution in [0.25, 0.3) is 0 Å². The number of amides is 1. The smallest absolute Gasteiger partial charge is 0.352 e. The van der Waals surface area contributed by atoms with Gasteiger partial charge in [-0.2, -0.15) is 13.2 Å². The third kappa shape index (κ3) is 5.02. The second kappa shape index (κ2) is 6.69. The lowest BCUT2D eigenvalue weighted by atomic mass is 10.1. The maximum absolute atomic E-state index is 12.3. The van der Waals surface area contributed by atoms with Crippen molar-refractivity contribution in [3.8, 4) is 0 Å². The number of alkyl halides is 3. The van der Waals surface area contributed by atoms with E-state index in [9.17, 15) is 18.0 Å². The van der Waals surface area contributed by atoms with Crippen LogP contribution in [0, 0.1) is 19.8 Å². The molecule has 3 nitrogen and oxygen atoms in total. The summed E-state index contributed by atoms with van der Waals surface area (Å²) in [6.45, 7) is 4.22. The lowest BCUT2D eigenvalue weighted by molar-refractivity contribution is -0.143. The number of nitrogens with zero attached hydrogens (tertiary/aromatic N) is 1. The van der Waals surface area contributed by atoms with Crippen molar-refractivity contribution in [1.29, 1.82) is 0 Å². The van der Waals surface area contributed by atoms with Crippen LogP contribution in [0.15, 0.2) is 18.2 Å². The lowest BCUT2D eigenvalue weighted by Crippen LogP contribution is -2.34. The minimum absolute atomic E-state index is 0.0807. The Bertz CT molecular complexity index is 522. The Kier molecular flexibility index (Phi) is 5.11. The zero-order chi connectivity index (χ0) is 16.3. The molecule has 1 N–H and O–H groups in total. The average molecular weight is 314 g/mol. The average Bonchev–Trinajstić information content (AvgIpc) is 2.80. The third-order valence-electron chi connectivity index (χ3n) is 3.81. The Labute approximate surface area is 128 Å². The minimum Gasteiger partial charge on any atom is -0.352 e. The fourth-order valence-electron chi connectivity index (χ4n) is 2.92. The first kappa shape index (κ1) is 16.8. The summed E-state index contributed by atoms with van der Waals surface area (Å²) in [7, 11) is 0. The molecule has 0 radical (unpaired) electrons. The minimum atomic E-state index is -4.16. The zero-order valence-electron chi connectivity index (χ0n) is 12.8. The van der Waals surface area contributed by atoms with Crippen LogP contribution in [0.3, 0.4) is 0 Å². The van der Waals surface area contributed by atoms with Crippen LogP contribution >= 0.6 is 0 Å². The number of carbonyl (C=O) groups is 1. The van der Waals surface area contributed by atoms with E-state index in [1.54, 1.807) is 0 Å². The van der Waals surface area contributed by atoms with Crippen LogP contribution in [-0.2, 0) is 0 Å². The number of carbonyl (C=O) groups excluding carboxylic acids is 1. The van der Waals surface area contributed by atoms with Gasteiger partial charge in [0, 0.05) is 18.7 Å². The van der Waals surface area contributed by atoms with Gasteiger partial charge in [0.05, 0.1) is 6.54 Å². The van der Waals surface area contributed by atoms with Gasteiger partial charge in [0.1, 0.15) is 0 Å². The summed E-state index contributed by atoms with van der Waals surface area (Å²) in [6.07, 6.45) is -3.47. The van der Waals surface area contributed by atoms with E-state index >= 15 is 0 Å². The number of halogens is 3. The number of likely N-dealkylation sites (tertiary alicyclic amines) is 1.